The minimum Gasteiger partial charge on any atom is -0.490 e. The van der Waals surface area contributed by atoms with Crippen LogP contribution in [-0.2, 0) is 0 Å². The molecule has 0 bridgehead atoms. The van der Waals surface area contributed by atoms with Crippen molar-refractivity contribution in [2.45, 2.75) is 38.7 Å². The van der Waals surface area contributed by atoms with Crippen LogP contribution in [0.3, 0.4) is 0 Å². The van der Waals surface area contributed by atoms with E-state index in [1.807, 2.05) is 6.92 Å². The molecular formula is C14H20N2O3. The van der Waals surface area contributed by atoms with Crippen molar-refractivity contribution in [1.29, 1.82) is 0 Å². The van der Waals surface area contributed by atoms with Gasteiger partial charge in [-0.1, -0.05) is 6.42 Å². The lowest BCUT2D eigenvalue weighted by Crippen LogP contribution is -2.35. The van der Waals surface area contributed by atoms with Crippen molar-refractivity contribution in [3.8, 4) is 5.75 Å². The van der Waals surface area contributed by atoms with Crippen molar-refractivity contribution in [1.82, 2.24) is 0 Å². The topological polar surface area (TPSA) is 78.4 Å². The predicted octanol–water partition coefficient (Wildman–Crippen LogP) is 2.80. The molecule has 2 N–H and O–H groups in total. The Balaban J connectivity index is 2.17. The molecule has 0 heterocycles. The number of hydrogen-bond acceptors (Lipinski definition) is 4. The summed E-state index contributed by atoms with van der Waals surface area (Å²) in [5, 5.41) is 10.8. The van der Waals surface area contributed by atoms with Gasteiger partial charge in [0.2, 0.25) is 0 Å². The molecule has 0 aliphatic heterocycles. The van der Waals surface area contributed by atoms with Gasteiger partial charge in [0.15, 0.2) is 0 Å². The number of non-ortho nitro benzene ring substituents is 1. The van der Waals surface area contributed by atoms with Crippen molar-refractivity contribution in [3.63, 3.8) is 0 Å². The van der Waals surface area contributed by atoms with Crippen LogP contribution in [0.4, 0.5) is 5.69 Å². The Kier molecular flexibility index (Phi) is 4.37. The van der Waals surface area contributed by atoms with E-state index in [1.54, 1.807) is 6.07 Å². The molecule has 1 aliphatic carbocycles. The van der Waals surface area contributed by atoms with Crippen LogP contribution in [0, 0.1) is 23.0 Å². The first-order valence-electron chi connectivity index (χ1n) is 6.73. The number of nitrogens with zero attached hydrogens (tertiary/aromatic N) is 1. The third-order valence-electron chi connectivity index (χ3n) is 3.80. The van der Waals surface area contributed by atoms with Crippen LogP contribution in [0.2, 0.25) is 0 Å². The molecule has 5 heteroatoms. The highest BCUT2D eigenvalue weighted by Gasteiger charge is 2.26. The Morgan fingerprint density at radius 1 is 1.42 bits per heavy atom. The van der Waals surface area contributed by atoms with E-state index in [0.29, 0.717) is 18.2 Å². The molecule has 0 aromatic heterocycles. The summed E-state index contributed by atoms with van der Waals surface area (Å²) in [5.74, 6) is 0.965. The number of aryl methyl sites for hydroxylation is 1. The second-order valence-corrected chi connectivity index (χ2v) is 5.14. The zero-order valence-corrected chi connectivity index (χ0v) is 11.2. The van der Waals surface area contributed by atoms with E-state index in [0.717, 1.165) is 24.8 Å². The van der Waals surface area contributed by atoms with Gasteiger partial charge in [0.1, 0.15) is 11.9 Å². The van der Waals surface area contributed by atoms with E-state index in [-0.39, 0.29) is 11.8 Å². The smallest absolute Gasteiger partial charge is 0.273 e. The minimum absolute atomic E-state index is 0.0701. The first kappa shape index (κ1) is 13.8. The van der Waals surface area contributed by atoms with Crippen molar-refractivity contribution >= 4 is 5.69 Å². The molecule has 0 spiro atoms. The van der Waals surface area contributed by atoms with Gasteiger partial charge >= 0.3 is 0 Å². The second-order valence-electron chi connectivity index (χ2n) is 5.14. The molecule has 104 valence electrons. The molecule has 2 rings (SSSR count). The molecule has 2 unspecified atom stereocenters. The Bertz CT molecular complexity index is 462. The number of nitro benzene ring substituents is 1. The molecular weight excluding hydrogens is 244 g/mol. The maximum atomic E-state index is 10.8. The molecule has 5 nitrogen and oxygen atoms in total. The van der Waals surface area contributed by atoms with E-state index in [9.17, 15) is 10.1 Å². The van der Waals surface area contributed by atoms with Gasteiger partial charge in [-0.2, -0.15) is 0 Å². The summed E-state index contributed by atoms with van der Waals surface area (Å²) in [4.78, 5) is 10.4. The summed E-state index contributed by atoms with van der Waals surface area (Å²) in [6.07, 6.45) is 4.46. The molecule has 1 aromatic rings. The van der Waals surface area contributed by atoms with Crippen LogP contribution in [0.5, 0.6) is 5.75 Å². The molecule has 0 saturated heterocycles. The number of benzene rings is 1. The summed E-state index contributed by atoms with van der Waals surface area (Å²) >= 11 is 0. The molecule has 0 amide bonds. The van der Waals surface area contributed by atoms with Crippen LogP contribution in [0.1, 0.15) is 31.2 Å². The highest BCUT2D eigenvalue weighted by atomic mass is 16.6. The molecule has 0 radical (unpaired) electrons. The molecule has 1 fully saturated rings. The number of rotatable bonds is 4. The van der Waals surface area contributed by atoms with E-state index in [1.165, 1.54) is 18.6 Å². The largest absolute Gasteiger partial charge is 0.490 e. The fraction of sp³-hybridized carbons (Fsp3) is 0.571. The van der Waals surface area contributed by atoms with Gasteiger partial charge in [0.05, 0.1) is 11.0 Å². The SMILES string of the molecule is Cc1ccc([N+](=O)[O-])cc1OC1CCCCC1CN. The highest BCUT2D eigenvalue weighted by molar-refractivity contribution is 5.43. The maximum absolute atomic E-state index is 10.8. The number of nitrogens with two attached hydrogens (primary N) is 1. The summed E-state index contributed by atoms with van der Waals surface area (Å²) in [6.45, 7) is 2.51. The normalized spacial score (nSPS) is 23.1. The molecule has 1 saturated carbocycles. The Labute approximate surface area is 112 Å². The first-order valence-corrected chi connectivity index (χ1v) is 6.73. The fourth-order valence-corrected chi connectivity index (χ4v) is 2.59. The average molecular weight is 264 g/mol. The standard InChI is InChI=1S/C14H20N2O3/c1-10-6-7-12(16(17)18)8-14(10)19-13-5-3-2-4-11(13)9-15/h6-8,11,13H,2-5,9,15H2,1H3. The van der Waals surface area contributed by atoms with Gasteiger partial charge in [0, 0.05) is 12.0 Å². The lowest BCUT2D eigenvalue weighted by atomic mass is 9.86. The van der Waals surface area contributed by atoms with Gasteiger partial charge in [-0.3, -0.25) is 10.1 Å². The van der Waals surface area contributed by atoms with Crippen molar-refractivity contribution in [2.75, 3.05) is 6.54 Å². The quantitative estimate of drug-likeness (QED) is 0.670. The van der Waals surface area contributed by atoms with E-state index in [4.69, 9.17) is 10.5 Å². The minimum atomic E-state index is -0.395. The molecule has 1 aromatic carbocycles. The van der Waals surface area contributed by atoms with Crippen LogP contribution >= 0.6 is 0 Å². The zero-order chi connectivity index (χ0) is 13.8. The van der Waals surface area contributed by atoms with Gasteiger partial charge in [-0.05, 0) is 44.4 Å². The van der Waals surface area contributed by atoms with Gasteiger partial charge in [-0.25, -0.2) is 0 Å². The number of hydrogen-bond donors (Lipinski definition) is 1. The third-order valence-corrected chi connectivity index (χ3v) is 3.80. The van der Waals surface area contributed by atoms with E-state index >= 15 is 0 Å². The second kappa shape index (κ2) is 6.02. The van der Waals surface area contributed by atoms with Gasteiger partial charge < -0.3 is 10.5 Å². The van der Waals surface area contributed by atoms with Crippen molar-refractivity contribution in [2.24, 2.45) is 11.7 Å². The average Bonchev–Trinajstić information content (AvgIpc) is 2.41. The summed E-state index contributed by atoms with van der Waals surface area (Å²) in [6, 6.07) is 4.74. The van der Waals surface area contributed by atoms with Crippen LogP contribution < -0.4 is 10.5 Å². The van der Waals surface area contributed by atoms with Gasteiger partial charge in [-0.15, -0.1) is 0 Å². The van der Waals surface area contributed by atoms with E-state index in [2.05, 4.69) is 0 Å². The van der Waals surface area contributed by atoms with E-state index < -0.39 is 4.92 Å². The lowest BCUT2D eigenvalue weighted by Gasteiger charge is -2.31. The Hall–Kier alpha value is -1.62. The zero-order valence-electron chi connectivity index (χ0n) is 11.2. The lowest BCUT2D eigenvalue weighted by molar-refractivity contribution is -0.385. The third kappa shape index (κ3) is 3.23. The molecule has 2 atom stereocenters. The Morgan fingerprint density at radius 2 is 2.16 bits per heavy atom. The number of ether oxygens (including phenoxy) is 1. The van der Waals surface area contributed by atoms with Crippen LogP contribution in [0.25, 0.3) is 0 Å². The molecule has 19 heavy (non-hydrogen) atoms. The Morgan fingerprint density at radius 3 is 2.84 bits per heavy atom. The first-order chi connectivity index (χ1) is 9.11. The maximum Gasteiger partial charge on any atom is 0.273 e. The summed E-state index contributed by atoms with van der Waals surface area (Å²) < 4.78 is 6.00. The van der Waals surface area contributed by atoms with Crippen molar-refractivity contribution in [3.05, 3.63) is 33.9 Å². The number of nitro groups is 1. The van der Waals surface area contributed by atoms with Crippen LogP contribution in [-0.4, -0.2) is 17.6 Å². The van der Waals surface area contributed by atoms with Crippen LogP contribution in [0.15, 0.2) is 18.2 Å². The predicted molar refractivity (Wildman–Crippen MR) is 73.3 cm³/mol. The monoisotopic (exact) mass is 264 g/mol. The summed E-state index contributed by atoms with van der Waals surface area (Å²) in [5.41, 5.74) is 6.77. The molecule has 1 aliphatic rings. The highest BCUT2D eigenvalue weighted by Crippen LogP contribution is 2.31. The van der Waals surface area contributed by atoms with Crippen molar-refractivity contribution < 1.29 is 9.66 Å². The van der Waals surface area contributed by atoms with Gasteiger partial charge in [0.25, 0.3) is 5.69 Å². The fourth-order valence-electron chi connectivity index (χ4n) is 2.59. The summed E-state index contributed by atoms with van der Waals surface area (Å²) in [7, 11) is 0.